The fourth-order valence-corrected chi connectivity index (χ4v) is 3.71. The number of carbonyl (C=O) groups excluding carboxylic acids is 1. The van der Waals surface area contributed by atoms with E-state index in [0.717, 1.165) is 25.7 Å². The van der Waals surface area contributed by atoms with Gasteiger partial charge in [0.25, 0.3) is 11.7 Å². The number of ether oxygens (including phenoxy) is 2. The van der Waals surface area contributed by atoms with Crippen LogP contribution in [0.1, 0.15) is 36.0 Å². The maximum atomic E-state index is 12.6. The Balaban J connectivity index is 1.41. The second-order valence-corrected chi connectivity index (χ2v) is 6.92. The molecule has 27 heavy (non-hydrogen) atoms. The zero-order valence-electron chi connectivity index (χ0n) is 14.5. The minimum absolute atomic E-state index is 0.0429. The van der Waals surface area contributed by atoms with E-state index in [1.807, 2.05) is 6.07 Å². The molecule has 3 aromatic rings. The summed E-state index contributed by atoms with van der Waals surface area (Å²) in [4.78, 5) is 24.7. The molecule has 0 radical (unpaired) electrons. The highest BCUT2D eigenvalue weighted by molar-refractivity contribution is 6.05. The van der Waals surface area contributed by atoms with Crippen LogP contribution in [-0.2, 0) is 0 Å². The van der Waals surface area contributed by atoms with Crippen molar-refractivity contribution in [1.29, 1.82) is 0 Å². The molecule has 1 N–H and O–H groups in total. The third kappa shape index (κ3) is 2.73. The number of nitrogens with one attached hydrogen (secondary N) is 1. The molecule has 1 spiro atoms. The molecule has 2 aromatic carbocycles. The monoisotopic (exact) mass is 363 g/mol. The van der Waals surface area contributed by atoms with Gasteiger partial charge in [-0.3, -0.25) is 4.79 Å². The number of hydrogen-bond acceptors (Lipinski definition) is 5. The zero-order valence-corrected chi connectivity index (χ0v) is 14.5. The second-order valence-electron chi connectivity index (χ2n) is 6.92. The molecule has 1 aliphatic heterocycles. The Hall–Kier alpha value is -3.28. The van der Waals surface area contributed by atoms with Gasteiger partial charge in [-0.25, -0.2) is 4.79 Å². The van der Waals surface area contributed by atoms with Gasteiger partial charge in [0.2, 0.25) is 0 Å². The molecule has 2 aliphatic rings. The van der Waals surface area contributed by atoms with Crippen LogP contribution in [0.5, 0.6) is 11.5 Å². The van der Waals surface area contributed by atoms with Crippen molar-refractivity contribution in [2.45, 2.75) is 31.5 Å². The number of hydrogen-bond donors (Lipinski definition) is 1. The van der Waals surface area contributed by atoms with Crippen LogP contribution in [0.15, 0.2) is 57.7 Å². The summed E-state index contributed by atoms with van der Waals surface area (Å²) in [6.45, 7) is 0. The van der Waals surface area contributed by atoms with Gasteiger partial charge in [0.05, 0.1) is 0 Å². The second kappa shape index (κ2) is 5.87. The average Bonchev–Trinajstić information content (AvgIpc) is 3.26. The van der Waals surface area contributed by atoms with E-state index in [-0.39, 0.29) is 5.56 Å². The highest BCUT2D eigenvalue weighted by Gasteiger charge is 2.44. The van der Waals surface area contributed by atoms with E-state index < -0.39 is 17.3 Å². The number of carbonyl (C=O) groups is 1. The first-order valence-electron chi connectivity index (χ1n) is 8.98. The molecule has 2 heterocycles. The maximum absolute atomic E-state index is 12.6. The molecule has 0 saturated heterocycles. The van der Waals surface area contributed by atoms with E-state index in [1.54, 1.807) is 36.4 Å². The highest BCUT2D eigenvalue weighted by Crippen LogP contribution is 2.47. The van der Waals surface area contributed by atoms with Crippen molar-refractivity contribution < 1.29 is 18.7 Å². The van der Waals surface area contributed by atoms with Crippen molar-refractivity contribution in [3.63, 3.8) is 0 Å². The van der Waals surface area contributed by atoms with E-state index in [9.17, 15) is 9.59 Å². The van der Waals surface area contributed by atoms with Crippen LogP contribution in [0.3, 0.4) is 0 Å². The molecule has 136 valence electrons. The molecule has 6 nitrogen and oxygen atoms in total. The van der Waals surface area contributed by atoms with Crippen LogP contribution in [-0.4, -0.2) is 11.7 Å². The number of para-hydroxylation sites is 1. The quantitative estimate of drug-likeness (QED) is 0.694. The molecular formula is C21H17NO5. The van der Waals surface area contributed by atoms with E-state index >= 15 is 0 Å². The molecule has 0 bridgehead atoms. The predicted octanol–water partition coefficient (Wildman–Crippen LogP) is 4.09. The Morgan fingerprint density at radius 1 is 0.963 bits per heavy atom. The lowest BCUT2D eigenvalue weighted by Gasteiger charge is -2.21. The van der Waals surface area contributed by atoms with Crippen LogP contribution in [0.2, 0.25) is 0 Å². The number of benzene rings is 2. The van der Waals surface area contributed by atoms with Crippen molar-refractivity contribution in [2.24, 2.45) is 0 Å². The molecule has 5 rings (SSSR count). The molecule has 1 amide bonds. The summed E-state index contributed by atoms with van der Waals surface area (Å²) in [5.41, 5.74) is 0.268. The van der Waals surface area contributed by atoms with Crippen LogP contribution in [0, 0.1) is 0 Å². The van der Waals surface area contributed by atoms with Crippen LogP contribution < -0.4 is 20.4 Å². The topological polar surface area (TPSA) is 77.8 Å². The first kappa shape index (κ1) is 15.9. The van der Waals surface area contributed by atoms with Crippen LogP contribution in [0.4, 0.5) is 5.69 Å². The Labute approximate surface area is 154 Å². The first-order chi connectivity index (χ1) is 13.1. The van der Waals surface area contributed by atoms with Crippen molar-refractivity contribution in [2.75, 3.05) is 5.32 Å². The highest BCUT2D eigenvalue weighted by atomic mass is 16.7. The molecule has 1 fully saturated rings. The third-order valence-corrected chi connectivity index (χ3v) is 5.04. The normalized spacial score (nSPS) is 16.7. The van der Waals surface area contributed by atoms with E-state index in [2.05, 4.69) is 5.32 Å². The Morgan fingerprint density at radius 2 is 1.74 bits per heavy atom. The van der Waals surface area contributed by atoms with Gasteiger partial charge in [-0.15, -0.1) is 0 Å². The van der Waals surface area contributed by atoms with Crippen molar-refractivity contribution in [1.82, 2.24) is 0 Å². The van der Waals surface area contributed by atoms with Gasteiger partial charge in [-0.2, -0.15) is 0 Å². The molecule has 6 heteroatoms. The van der Waals surface area contributed by atoms with Crippen LogP contribution in [0.25, 0.3) is 11.0 Å². The number of fused-ring (bicyclic) bond motifs is 2. The zero-order chi connectivity index (χ0) is 18.4. The van der Waals surface area contributed by atoms with Gasteiger partial charge < -0.3 is 19.2 Å². The summed E-state index contributed by atoms with van der Waals surface area (Å²) in [5.74, 6) is 0.217. The fraction of sp³-hybridized carbons (Fsp3) is 0.238. The first-order valence-corrected chi connectivity index (χ1v) is 8.98. The maximum Gasteiger partial charge on any atom is 0.349 e. The summed E-state index contributed by atoms with van der Waals surface area (Å²) in [7, 11) is 0. The molecule has 1 saturated carbocycles. The summed E-state index contributed by atoms with van der Waals surface area (Å²) in [6, 6.07) is 13.8. The van der Waals surface area contributed by atoms with Crippen molar-refractivity contribution in [3.8, 4) is 11.5 Å². The van der Waals surface area contributed by atoms with E-state index in [0.29, 0.717) is 28.2 Å². The standard InChI is InChI=1S/C21H17NO5/c23-19(15-11-13-5-1-2-6-16(13)25-20(15)24)22-14-7-8-17-18(12-14)27-21(26-17)9-3-4-10-21/h1-2,5-8,11-12H,3-4,9-10H2,(H,22,23). The molecule has 0 atom stereocenters. The summed E-state index contributed by atoms with van der Waals surface area (Å²) < 4.78 is 17.2. The lowest BCUT2D eigenvalue weighted by Crippen LogP contribution is -2.34. The van der Waals surface area contributed by atoms with Gasteiger partial charge >= 0.3 is 5.63 Å². The van der Waals surface area contributed by atoms with Gasteiger partial charge in [0.15, 0.2) is 11.5 Å². The predicted molar refractivity (Wildman–Crippen MR) is 99.3 cm³/mol. The van der Waals surface area contributed by atoms with Gasteiger partial charge in [0.1, 0.15) is 11.1 Å². The fourth-order valence-electron chi connectivity index (χ4n) is 3.71. The molecule has 0 unspecified atom stereocenters. The summed E-state index contributed by atoms with van der Waals surface area (Å²) >= 11 is 0. The number of rotatable bonds is 2. The van der Waals surface area contributed by atoms with Crippen molar-refractivity contribution in [3.05, 3.63) is 64.5 Å². The molecule has 1 aromatic heterocycles. The molecular weight excluding hydrogens is 346 g/mol. The van der Waals surface area contributed by atoms with Gasteiger partial charge in [-0.1, -0.05) is 18.2 Å². The lowest BCUT2D eigenvalue weighted by atomic mass is 10.1. The lowest BCUT2D eigenvalue weighted by molar-refractivity contribution is -0.0716. The van der Waals surface area contributed by atoms with E-state index in [4.69, 9.17) is 13.9 Å². The smallest absolute Gasteiger partial charge is 0.349 e. The Kier molecular flexibility index (Phi) is 3.47. The van der Waals surface area contributed by atoms with E-state index in [1.165, 1.54) is 6.07 Å². The summed E-state index contributed by atoms with van der Waals surface area (Å²) in [6.07, 6.45) is 3.88. The average molecular weight is 363 g/mol. The van der Waals surface area contributed by atoms with Crippen LogP contribution >= 0.6 is 0 Å². The SMILES string of the molecule is O=C(Nc1ccc2c(c1)OC1(CCCC1)O2)c1cc2ccccc2oc1=O. The van der Waals surface area contributed by atoms with Gasteiger partial charge in [-0.05, 0) is 37.1 Å². The Bertz CT molecular complexity index is 1110. The number of anilines is 1. The number of amides is 1. The largest absolute Gasteiger partial charge is 0.448 e. The summed E-state index contributed by atoms with van der Waals surface area (Å²) in [5, 5.41) is 3.43. The molecule has 1 aliphatic carbocycles. The van der Waals surface area contributed by atoms with Gasteiger partial charge in [0, 0.05) is 30.0 Å². The van der Waals surface area contributed by atoms with Crippen molar-refractivity contribution >= 4 is 22.6 Å². The minimum Gasteiger partial charge on any atom is -0.448 e. The third-order valence-electron chi connectivity index (χ3n) is 5.04. The minimum atomic E-state index is -0.670. The Morgan fingerprint density at radius 3 is 2.59 bits per heavy atom.